The van der Waals surface area contributed by atoms with Gasteiger partial charge in [0.25, 0.3) is 0 Å². The molecule has 2 aromatic heterocycles. The fourth-order valence-electron chi connectivity index (χ4n) is 1.92. The van der Waals surface area contributed by atoms with Crippen LogP contribution in [0.4, 0.5) is 4.39 Å². The summed E-state index contributed by atoms with van der Waals surface area (Å²) in [5.74, 6) is -1.56. The van der Waals surface area contributed by atoms with E-state index < -0.39 is 24.1 Å². The highest BCUT2D eigenvalue weighted by molar-refractivity contribution is 5.69. The zero-order valence-corrected chi connectivity index (χ0v) is 12.6. The fraction of sp³-hybridized carbons (Fsp3) is 0.200. The van der Waals surface area contributed by atoms with Crippen molar-refractivity contribution in [2.45, 2.75) is 20.1 Å². The van der Waals surface area contributed by atoms with Crippen LogP contribution in [0.1, 0.15) is 11.5 Å². The Morgan fingerprint density at radius 1 is 1.33 bits per heavy atom. The average molecular weight is 333 g/mol. The molecule has 0 aliphatic heterocycles. The number of hydrogen-bond donors (Lipinski definition) is 0. The van der Waals surface area contributed by atoms with E-state index in [1.54, 1.807) is 13.0 Å². The molecule has 3 rings (SSSR count). The Balaban J connectivity index is 1.65. The maximum absolute atomic E-state index is 12.9. The highest BCUT2D eigenvalue weighted by atomic mass is 19.1. The van der Waals surface area contributed by atoms with Crippen LogP contribution < -0.4 is 5.76 Å². The predicted octanol–water partition coefficient (Wildman–Crippen LogP) is 1.68. The Labute approximate surface area is 134 Å². The Morgan fingerprint density at radius 3 is 2.75 bits per heavy atom. The molecule has 9 heteroatoms. The zero-order chi connectivity index (χ0) is 17.1. The molecule has 0 unspecified atom stereocenters. The number of rotatable bonds is 5. The summed E-state index contributed by atoms with van der Waals surface area (Å²) >= 11 is 0. The lowest BCUT2D eigenvalue weighted by atomic mass is 10.2. The van der Waals surface area contributed by atoms with Gasteiger partial charge in [-0.1, -0.05) is 5.16 Å². The Kier molecular flexibility index (Phi) is 4.23. The molecule has 0 amide bonds. The molecule has 0 saturated heterocycles. The maximum atomic E-state index is 12.9. The minimum Gasteiger partial charge on any atom is -0.456 e. The van der Waals surface area contributed by atoms with E-state index >= 15 is 0 Å². The number of carbonyl (C=O) groups excluding carboxylic acids is 1. The first-order valence-electron chi connectivity index (χ1n) is 6.93. The third kappa shape index (κ3) is 3.57. The number of carbonyl (C=O) groups is 1. The summed E-state index contributed by atoms with van der Waals surface area (Å²) in [6, 6.07) is 6.87. The molecule has 2 heterocycles. The first kappa shape index (κ1) is 15.7. The number of esters is 1. The van der Waals surface area contributed by atoms with Crippen molar-refractivity contribution >= 4 is 5.97 Å². The first-order valence-corrected chi connectivity index (χ1v) is 6.93. The molecule has 0 bridgehead atoms. The highest BCUT2D eigenvalue weighted by Crippen LogP contribution is 2.15. The average Bonchev–Trinajstić information content (AvgIpc) is 3.12. The van der Waals surface area contributed by atoms with Crippen molar-refractivity contribution in [1.29, 1.82) is 0 Å². The molecule has 0 radical (unpaired) electrons. The SMILES string of the molecule is Cc1cc(COC(=O)Cn2nc(-c3ccc(F)cc3)oc2=O)on1. The molecule has 124 valence electrons. The van der Waals surface area contributed by atoms with Crippen LogP contribution in [-0.4, -0.2) is 20.9 Å². The minimum atomic E-state index is -0.818. The van der Waals surface area contributed by atoms with E-state index in [9.17, 15) is 14.0 Å². The normalized spacial score (nSPS) is 10.8. The van der Waals surface area contributed by atoms with E-state index in [4.69, 9.17) is 13.7 Å². The Bertz CT molecular complexity index is 910. The molecular weight excluding hydrogens is 321 g/mol. The number of halogens is 1. The smallest absolute Gasteiger partial charge is 0.437 e. The van der Waals surface area contributed by atoms with Crippen LogP contribution in [0.25, 0.3) is 11.5 Å². The van der Waals surface area contributed by atoms with Crippen molar-refractivity contribution in [3.05, 3.63) is 58.2 Å². The summed E-state index contributed by atoms with van der Waals surface area (Å²) in [6.07, 6.45) is 0. The van der Waals surface area contributed by atoms with Gasteiger partial charge in [0.1, 0.15) is 12.4 Å². The van der Waals surface area contributed by atoms with E-state index in [-0.39, 0.29) is 12.5 Å². The molecule has 0 fully saturated rings. The second-order valence-electron chi connectivity index (χ2n) is 4.93. The van der Waals surface area contributed by atoms with E-state index in [0.29, 0.717) is 17.0 Å². The molecule has 1 aromatic carbocycles. The van der Waals surface area contributed by atoms with E-state index in [1.807, 2.05) is 0 Å². The van der Waals surface area contributed by atoms with E-state index in [1.165, 1.54) is 24.3 Å². The van der Waals surface area contributed by atoms with Crippen LogP contribution in [0.5, 0.6) is 0 Å². The molecule has 0 saturated carbocycles. The molecule has 0 spiro atoms. The number of hydrogen-bond acceptors (Lipinski definition) is 7. The quantitative estimate of drug-likeness (QED) is 0.655. The van der Waals surface area contributed by atoms with Gasteiger partial charge in [0.15, 0.2) is 12.4 Å². The van der Waals surface area contributed by atoms with Gasteiger partial charge in [-0.3, -0.25) is 4.79 Å². The van der Waals surface area contributed by atoms with Gasteiger partial charge in [-0.05, 0) is 31.2 Å². The molecule has 0 atom stereocenters. The van der Waals surface area contributed by atoms with Crippen molar-refractivity contribution in [3.63, 3.8) is 0 Å². The van der Waals surface area contributed by atoms with Crippen LogP contribution in [0.2, 0.25) is 0 Å². The predicted molar refractivity (Wildman–Crippen MR) is 77.2 cm³/mol. The lowest BCUT2D eigenvalue weighted by molar-refractivity contribution is -0.146. The lowest BCUT2D eigenvalue weighted by Crippen LogP contribution is -2.22. The van der Waals surface area contributed by atoms with Gasteiger partial charge in [0, 0.05) is 11.6 Å². The molecule has 24 heavy (non-hydrogen) atoms. The maximum Gasteiger partial charge on any atom is 0.437 e. The Morgan fingerprint density at radius 2 is 2.08 bits per heavy atom. The molecule has 0 N–H and O–H groups in total. The largest absolute Gasteiger partial charge is 0.456 e. The van der Waals surface area contributed by atoms with Gasteiger partial charge in [0.05, 0.1) is 5.69 Å². The second kappa shape index (κ2) is 6.49. The number of aryl methyl sites for hydroxylation is 1. The van der Waals surface area contributed by atoms with Crippen molar-refractivity contribution in [2.75, 3.05) is 0 Å². The van der Waals surface area contributed by atoms with Gasteiger partial charge in [0.2, 0.25) is 5.89 Å². The summed E-state index contributed by atoms with van der Waals surface area (Å²) in [5.41, 5.74) is 1.08. The van der Waals surface area contributed by atoms with Gasteiger partial charge in [-0.25, -0.2) is 9.18 Å². The second-order valence-corrected chi connectivity index (χ2v) is 4.93. The van der Waals surface area contributed by atoms with Crippen LogP contribution in [0.15, 0.2) is 44.1 Å². The third-order valence-corrected chi connectivity index (χ3v) is 3.03. The monoisotopic (exact) mass is 333 g/mol. The summed E-state index contributed by atoms with van der Waals surface area (Å²) in [4.78, 5) is 23.5. The zero-order valence-electron chi connectivity index (χ0n) is 12.6. The molecule has 3 aromatic rings. The first-order chi connectivity index (χ1) is 11.5. The van der Waals surface area contributed by atoms with Gasteiger partial charge >= 0.3 is 11.7 Å². The van der Waals surface area contributed by atoms with Crippen molar-refractivity contribution in [1.82, 2.24) is 14.9 Å². The van der Waals surface area contributed by atoms with Crippen molar-refractivity contribution in [3.8, 4) is 11.5 Å². The van der Waals surface area contributed by atoms with Crippen LogP contribution in [-0.2, 0) is 22.7 Å². The molecule has 0 aliphatic carbocycles. The fourth-order valence-corrected chi connectivity index (χ4v) is 1.92. The van der Waals surface area contributed by atoms with E-state index in [0.717, 1.165) is 4.68 Å². The highest BCUT2D eigenvalue weighted by Gasteiger charge is 2.15. The summed E-state index contributed by atoms with van der Waals surface area (Å²) in [7, 11) is 0. The van der Waals surface area contributed by atoms with Crippen LogP contribution in [0, 0.1) is 12.7 Å². The number of nitrogens with zero attached hydrogens (tertiary/aromatic N) is 3. The van der Waals surface area contributed by atoms with Crippen molar-refractivity contribution < 1.29 is 22.9 Å². The van der Waals surface area contributed by atoms with Crippen LogP contribution >= 0.6 is 0 Å². The minimum absolute atomic E-state index is 0.0151. The van der Waals surface area contributed by atoms with Crippen LogP contribution in [0.3, 0.4) is 0 Å². The summed E-state index contributed by atoms with van der Waals surface area (Å²) in [5, 5.41) is 7.55. The number of benzene rings is 1. The summed E-state index contributed by atoms with van der Waals surface area (Å²) < 4.78 is 28.5. The number of aromatic nitrogens is 3. The van der Waals surface area contributed by atoms with Gasteiger partial charge < -0.3 is 13.7 Å². The topological polar surface area (TPSA) is 100 Å². The standard InChI is InChI=1S/C15H12FN3O5/c1-9-6-12(24-18-9)8-22-13(20)7-19-15(21)23-14(17-19)10-2-4-11(16)5-3-10/h2-6H,7-8H2,1H3. The van der Waals surface area contributed by atoms with Gasteiger partial charge in [-0.2, -0.15) is 4.68 Å². The van der Waals surface area contributed by atoms with Gasteiger partial charge in [-0.15, -0.1) is 5.10 Å². The molecule has 0 aliphatic rings. The lowest BCUT2D eigenvalue weighted by Gasteiger charge is -2.00. The molecule has 8 nitrogen and oxygen atoms in total. The number of ether oxygens (including phenoxy) is 1. The Hall–Kier alpha value is -3.23. The summed E-state index contributed by atoms with van der Waals surface area (Å²) in [6.45, 7) is 1.22. The van der Waals surface area contributed by atoms with Crippen molar-refractivity contribution in [2.24, 2.45) is 0 Å². The molecular formula is C15H12FN3O5. The third-order valence-electron chi connectivity index (χ3n) is 3.03. The van der Waals surface area contributed by atoms with E-state index in [2.05, 4.69) is 10.3 Å².